The van der Waals surface area contributed by atoms with Crippen molar-refractivity contribution >= 4 is 34.4 Å². The molecule has 24 heavy (non-hydrogen) atoms. The minimum Gasteiger partial charge on any atom is -0.343 e. The molecule has 1 amide bonds. The van der Waals surface area contributed by atoms with E-state index in [1.54, 1.807) is 0 Å². The smallest absolute Gasteiger partial charge is 0.299 e. The molecule has 1 N–H and O–H groups in total. The second kappa shape index (κ2) is 5.60. The van der Waals surface area contributed by atoms with Gasteiger partial charge in [0, 0.05) is 17.5 Å². The van der Waals surface area contributed by atoms with Crippen molar-refractivity contribution in [1.29, 1.82) is 0 Å². The number of nitro groups is 1. The number of nitrogens with one attached hydrogen (secondary N) is 1. The Balaban J connectivity index is 1.52. The molecule has 0 radical (unpaired) electrons. The number of aromatic nitrogens is 4. The number of nitrogens with zero attached hydrogens (tertiary/aromatic N) is 5. The zero-order valence-electron chi connectivity index (χ0n) is 12.1. The van der Waals surface area contributed by atoms with Gasteiger partial charge in [-0.15, -0.1) is 0 Å². The summed E-state index contributed by atoms with van der Waals surface area (Å²) in [5.41, 5.74) is 0.365. The lowest BCUT2D eigenvalue weighted by atomic mass is 10.1. The van der Waals surface area contributed by atoms with Crippen LogP contribution in [-0.4, -0.2) is 29.7 Å². The van der Waals surface area contributed by atoms with Crippen molar-refractivity contribution in [2.24, 2.45) is 0 Å². The highest BCUT2D eigenvalue weighted by atomic mass is 32.1. The quantitative estimate of drug-likeness (QED) is 0.545. The first-order valence-corrected chi connectivity index (χ1v) is 7.86. The van der Waals surface area contributed by atoms with Crippen LogP contribution < -0.4 is 5.32 Å². The van der Waals surface area contributed by atoms with Crippen LogP contribution in [0.3, 0.4) is 0 Å². The normalized spacial score (nSPS) is 14.0. The molecule has 0 atom stereocenters. The zero-order valence-corrected chi connectivity index (χ0v) is 12.9. The van der Waals surface area contributed by atoms with E-state index in [2.05, 4.69) is 24.2 Å². The molecule has 0 unspecified atom stereocenters. The molecule has 11 heteroatoms. The molecule has 1 fully saturated rings. The third-order valence-electron chi connectivity index (χ3n) is 3.63. The van der Waals surface area contributed by atoms with Crippen LogP contribution in [-0.2, 0) is 6.54 Å². The molecule has 0 bridgehead atoms. The maximum absolute atomic E-state index is 12.2. The molecule has 10 nitrogen and oxygen atoms in total. The summed E-state index contributed by atoms with van der Waals surface area (Å²) in [5.74, 6) is 0.834. The molecular formula is C13H10N6O4S. The Morgan fingerprint density at radius 3 is 3.00 bits per heavy atom. The minimum atomic E-state index is -0.583. The topological polar surface area (TPSA) is 137 Å². The molecule has 1 saturated carbocycles. The van der Waals surface area contributed by atoms with Gasteiger partial charge in [0.05, 0.1) is 23.2 Å². The number of fused-ring (bicyclic) bond motifs is 1. The molecule has 2 heterocycles. The maximum Gasteiger partial charge on any atom is 0.299 e. The largest absolute Gasteiger partial charge is 0.343 e. The summed E-state index contributed by atoms with van der Waals surface area (Å²) >= 11 is 0.857. The number of nitro benzene ring substituents is 1. The van der Waals surface area contributed by atoms with Gasteiger partial charge in [0.1, 0.15) is 5.52 Å². The minimum absolute atomic E-state index is 0.0553. The van der Waals surface area contributed by atoms with Crippen molar-refractivity contribution in [1.82, 2.24) is 24.2 Å². The molecule has 122 valence electrons. The number of carbonyl (C=O) groups excluding carboxylic acids is 1. The molecule has 2 aromatic heterocycles. The van der Waals surface area contributed by atoms with E-state index < -0.39 is 10.8 Å². The fraction of sp³-hybridized carbons (Fsp3) is 0.308. The summed E-state index contributed by atoms with van der Waals surface area (Å²) in [5, 5.41) is 17.6. The highest BCUT2D eigenvalue weighted by Gasteiger charge is 2.28. The Labute approximate surface area is 138 Å². The molecule has 3 aromatic rings. The van der Waals surface area contributed by atoms with Crippen molar-refractivity contribution in [3.8, 4) is 0 Å². The predicted octanol–water partition coefficient (Wildman–Crippen LogP) is 1.79. The number of rotatable bonds is 5. The number of hydrogen-bond acceptors (Lipinski definition) is 9. The first-order valence-electron chi connectivity index (χ1n) is 7.13. The van der Waals surface area contributed by atoms with E-state index in [9.17, 15) is 14.9 Å². The van der Waals surface area contributed by atoms with E-state index in [0.29, 0.717) is 23.1 Å². The van der Waals surface area contributed by atoms with Crippen molar-refractivity contribution < 1.29 is 14.2 Å². The first kappa shape index (κ1) is 14.6. The van der Waals surface area contributed by atoms with Gasteiger partial charge >= 0.3 is 0 Å². The lowest BCUT2D eigenvalue weighted by Crippen LogP contribution is -2.23. The van der Waals surface area contributed by atoms with Gasteiger partial charge in [0.15, 0.2) is 11.3 Å². The molecule has 1 aliphatic rings. The number of benzene rings is 1. The van der Waals surface area contributed by atoms with Crippen LogP contribution in [0.2, 0.25) is 0 Å². The van der Waals surface area contributed by atoms with Gasteiger partial charge in [-0.05, 0) is 18.9 Å². The summed E-state index contributed by atoms with van der Waals surface area (Å²) in [6, 6.07) is 2.65. The second-order valence-electron chi connectivity index (χ2n) is 5.39. The van der Waals surface area contributed by atoms with Gasteiger partial charge in [-0.2, -0.15) is 13.7 Å². The van der Waals surface area contributed by atoms with Gasteiger partial charge < -0.3 is 9.84 Å². The molecule has 1 aromatic carbocycles. The van der Waals surface area contributed by atoms with E-state index in [-0.39, 0.29) is 23.3 Å². The number of amides is 1. The lowest BCUT2D eigenvalue weighted by Gasteiger charge is -2.02. The third kappa shape index (κ3) is 2.69. The Morgan fingerprint density at radius 1 is 1.42 bits per heavy atom. The number of non-ortho nitro benzene ring substituents is 1. The van der Waals surface area contributed by atoms with Crippen LogP contribution >= 0.6 is 11.7 Å². The van der Waals surface area contributed by atoms with Crippen LogP contribution in [0.25, 0.3) is 11.0 Å². The Kier molecular flexibility index (Phi) is 3.41. The Hall–Kier alpha value is -2.95. The summed E-state index contributed by atoms with van der Waals surface area (Å²) < 4.78 is 12.9. The van der Waals surface area contributed by atoms with E-state index in [1.165, 1.54) is 12.1 Å². The van der Waals surface area contributed by atoms with Crippen molar-refractivity contribution in [3.05, 3.63) is 39.5 Å². The summed E-state index contributed by atoms with van der Waals surface area (Å²) in [6.45, 7) is 0.0553. The van der Waals surface area contributed by atoms with Crippen LogP contribution in [0.4, 0.5) is 5.69 Å². The molecule has 1 aliphatic carbocycles. The van der Waals surface area contributed by atoms with Gasteiger partial charge in [-0.25, -0.2) is 0 Å². The molecule has 0 aliphatic heterocycles. The van der Waals surface area contributed by atoms with E-state index in [4.69, 9.17) is 4.52 Å². The van der Waals surface area contributed by atoms with Gasteiger partial charge in [-0.1, -0.05) is 5.16 Å². The molecule has 4 rings (SSSR count). The van der Waals surface area contributed by atoms with Crippen molar-refractivity contribution in [3.63, 3.8) is 0 Å². The van der Waals surface area contributed by atoms with Gasteiger partial charge in [-0.3, -0.25) is 14.9 Å². The number of hydrogen-bond donors (Lipinski definition) is 1. The van der Waals surface area contributed by atoms with Crippen LogP contribution in [0, 0.1) is 10.1 Å². The Morgan fingerprint density at radius 2 is 2.25 bits per heavy atom. The van der Waals surface area contributed by atoms with Gasteiger partial charge in [0.25, 0.3) is 11.6 Å². The predicted molar refractivity (Wildman–Crippen MR) is 81.5 cm³/mol. The first-order chi connectivity index (χ1) is 11.6. The lowest BCUT2D eigenvalue weighted by molar-refractivity contribution is -0.383. The standard InChI is InChI=1S/C13H10N6O4S/c20-13(14-5-10-15-12(16-23-10)6-1-2-6)7-3-8-11(18-24-17-8)9(4-7)19(21)22/h3-4,6H,1-2,5H2,(H,14,20). The van der Waals surface area contributed by atoms with E-state index >= 15 is 0 Å². The van der Waals surface area contributed by atoms with Crippen LogP contribution in [0.15, 0.2) is 16.7 Å². The average Bonchev–Trinajstić information content (AvgIpc) is 3.12. The molecule has 0 spiro atoms. The van der Waals surface area contributed by atoms with Gasteiger partial charge in [0.2, 0.25) is 5.89 Å². The maximum atomic E-state index is 12.2. The zero-order chi connectivity index (χ0) is 16.7. The summed E-state index contributed by atoms with van der Waals surface area (Å²) in [7, 11) is 0. The highest BCUT2D eigenvalue weighted by molar-refractivity contribution is 7.00. The van der Waals surface area contributed by atoms with Crippen molar-refractivity contribution in [2.45, 2.75) is 25.3 Å². The molecule has 0 saturated heterocycles. The van der Waals surface area contributed by atoms with E-state index in [0.717, 1.165) is 24.6 Å². The van der Waals surface area contributed by atoms with Crippen LogP contribution in [0.5, 0.6) is 0 Å². The van der Waals surface area contributed by atoms with E-state index in [1.807, 2.05) is 0 Å². The summed E-state index contributed by atoms with van der Waals surface area (Å²) in [4.78, 5) is 27.0. The van der Waals surface area contributed by atoms with Crippen LogP contribution in [0.1, 0.15) is 40.8 Å². The second-order valence-corrected chi connectivity index (χ2v) is 5.92. The highest BCUT2D eigenvalue weighted by Crippen LogP contribution is 2.38. The average molecular weight is 346 g/mol. The number of carbonyl (C=O) groups is 1. The SMILES string of the molecule is O=C(NCc1nc(C2CC2)no1)c1cc([N+](=O)[O-])c2nsnc2c1. The van der Waals surface area contributed by atoms with Crippen molar-refractivity contribution in [2.75, 3.05) is 0 Å². The third-order valence-corrected chi connectivity index (χ3v) is 4.17. The Bertz CT molecular complexity index is 947. The fourth-order valence-electron chi connectivity index (χ4n) is 2.25. The summed E-state index contributed by atoms with van der Waals surface area (Å²) in [6.07, 6.45) is 2.10. The monoisotopic (exact) mass is 346 g/mol. The molecular weight excluding hydrogens is 336 g/mol. The fourth-order valence-corrected chi connectivity index (χ4v) is 2.78.